The number of nitrogens with zero attached hydrogens (tertiary/aromatic N) is 4. The van der Waals surface area contributed by atoms with Crippen LogP contribution in [0.4, 0.5) is 0 Å². The van der Waals surface area contributed by atoms with Crippen LogP contribution in [0.15, 0.2) is 26.6 Å². The Hall–Kier alpha value is -2.06. The van der Waals surface area contributed by atoms with Gasteiger partial charge in [0.2, 0.25) is 17.6 Å². The van der Waals surface area contributed by atoms with Crippen molar-refractivity contribution in [1.82, 2.24) is 25.6 Å². The van der Waals surface area contributed by atoms with Crippen molar-refractivity contribution in [2.45, 2.75) is 32.9 Å². The summed E-state index contributed by atoms with van der Waals surface area (Å²) in [6.07, 6.45) is 0.838. The molecule has 0 aromatic carbocycles. The first-order chi connectivity index (χ1) is 10.3. The second-order valence-corrected chi connectivity index (χ2v) is 5.45. The highest BCUT2D eigenvalue weighted by molar-refractivity contribution is 7.13. The Balaban J connectivity index is 1.64. The first kappa shape index (κ1) is 13.9. The van der Waals surface area contributed by atoms with Gasteiger partial charge < -0.3 is 9.05 Å². The summed E-state index contributed by atoms with van der Waals surface area (Å²) in [5.74, 6) is 2.36. The molecule has 3 aromatic rings. The van der Waals surface area contributed by atoms with Crippen LogP contribution in [-0.4, -0.2) is 20.3 Å². The molecule has 21 heavy (non-hydrogen) atoms. The van der Waals surface area contributed by atoms with Gasteiger partial charge in [0.15, 0.2) is 5.82 Å². The fourth-order valence-corrected chi connectivity index (χ4v) is 2.57. The van der Waals surface area contributed by atoms with Crippen molar-refractivity contribution >= 4 is 11.3 Å². The van der Waals surface area contributed by atoms with E-state index in [1.54, 1.807) is 18.3 Å². The Morgan fingerprint density at radius 2 is 2.19 bits per heavy atom. The van der Waals surface area contributed by atoms with Gasteiger partial charge in [0.05, 0.1) is 17.5 Å². The molecule has 3 aromatic heterocycles. The second-order valence-electron chi connectivity index (χ2n) is 4.50. The number of aromatic nitrogens is 4. The van der Waals surface area contributed by atoms with Crippen LogP contribution >= 0.6 is 11.3 Å². The maximum absolute atomic E-state index is 5.24. The van der Waals surface area contributed by atoms with Gasteiger partial charge >= 0.3 is 0 Å². The van der Waals surface area contributed by atoms with E-state index in [1.807, 2.05) is 24.4 Å². The van der Waals surface area contributed by atoms with Gasteiger partial charge in [-0.25, -0.2) is 0 Å². The van der Waals surface area contributed by atoms with E-state index in [-0.39, 0.29) is 6.04 Å². The molecular formula is C13H15N5O2S. The predicted octanol–water partition coefficient (Wildman–Crippen LogP) is 2.73. The first-order valence-electron chi connectivity index (χ1n) is 6.66. The van der Waals surface area contributed by atoms with Crippen LogP contribution in [0.1, 0.15) is 37.0 Å². The minimum Gasteiger partial charge on any atom is -0.340 e. The molecule has 110 valence electrons. The Kier molecular flexibility index (Phi) is 4.07. The van der Waals surface area contributed by atoms with Gasteiger partial charge in [-0.2, -0.15) is 9.97 Å². The van der Waals surface area contributed by atoms with Gasteiger partial charge in [-0.05, 0) is 17.9 Å². The summed E-state index contributed by atoms with van der Waals surface area (Å²) in [5.41, 5.74) is 0. The van der Waals surface area contributed by atoms with Gasteiger partial charge in [-0.1, -0.05) is 23.3 Å². The van der Waals surface area contributed by atoms with Crippen LogP contribution in [0, 0.1) is 6.92 Å². The molecule has 0 aliphatic rings. The molecule has 0 spiro atoms. The summed E-state index contributed by atoms with van der Waals surface area (Å²) in [4.78, 5) is 9.59. The van der Waals surface area contributed by atoms with Crippen LogP contribution in [0.25, 0.3) is 10.7 Å². The van der Waals surface area contributed by atoms with Gasteiger partial charge in [0.25, 0.3) is 0 Å². The van der Waals surface area contributed by atoms with E-state index >= 15 is 0 Å². The second kappa shape index (κ2) is 6.15. The third kappa shape index (κ3) is 3.17. The zero-order valence-electron chi connectivity index (χ0n) is 11.7. The Bertz CT molecular complexity index is 691. The molecule has 0 unspecified atom stereocenters. The van der Waals surface area contributed by atoms with Crippen molar-refractivity contribution in [2.75, 3.05) is 0 Å². The molecular weight excluding hydrogens is 290 g/mol. The Morgan fingerprint density at radius 3 is 2.86 bits per heavy atom. The average Bonchev–Trinajstić information content (AvgIpc) is 3.19. The fourth-order valence-electron chi connectivity index (χ4n) is 1.92. The molecule has 0 fully saturated rings. The van der Waals surface area contributed by atoms with E-state index in [2.05, 4.69) is 25.6 Å². The number of rotatable bonds is 6. The lowest BCUT2D eigenvalue weighted by molar-refractivity contribution is 0.345. The van der Waals surface area contributed by atoms with Crippen molar-refractivity contribution in [2.24, 2.45) is 0 Å². The molecule has 0 aliphatic heterocycles. The maximum atomic E-state index is 5.24. The molecule has 0 saturated carbocycles. The van der Waals surface area contributed by atoms with Gasteiger partial charge in [-0.3, -0.25) is 5.32 Å². The normalized spacial score (nSPS) is 12.7. The largest absolute Gasteiger partial charge is 0.340 e. The van der Waals surface area contributed by atoms with E-state index in [0.717, 1.165) is 11.3 Å². The summed E-state index contributed by atoms with van der Waals surface area (Å²) in [6.45, 7) is 4.28. The van der Waals surface area contributed by atoms with Crippen molar-refractivity contribution in [3.63, 3.8) is 0 Å². The molecule has 0 amide bonds. The average molecular weight is 305 g/mol. The van der Waals surface area contributed by atoms with Crippen molar-refractivity contribution < 1.29 is 9.05 Å². The molecule has 1 atom stereocenters. The van der Waals surface area contributed by atoms with Crippen molar-refractivity contribution in [1.29, 1.82) is 0 Å². The van der Waals surface area contributed by atoms with Crippen LogP contribution < -0.4 is 5.32 Å². The summed E-state index contributed by atoms with van der Waals surface area (Å²) in [5, 5.41) is 13.2. The fraction of sp³-hybridized carbons (Fsp3) is 0.385. The van der Waals surface area contributed by atoms with Crippen LogP contribution in [-0.2, 0) is 6.54 Å². The molecule has 0 aliphatic carbocycles. The minimum absolute atomic E-state index is 0.000428. The Morgan fingerprint density at radius 1 is 1.29 bits per heavy atom. The summed E-state index contributed by atoms with van der Waals surface area (Å²) < 4.78 is 10.2. The summed E-state index contributed by atoms with van der Waals surface area (Å²) in [6, 6.07) is 3.92. The van der Waals surface area contributed by atoms with E-state index in [1.165, 1.54) is 0 Å². The highest BCUT2D eigenvalue weighted by Crippen LogP contribution is 2.21. The molecule has 3 heterocycles. The topological polar surface area (TPSA) is 89.9 Å². The number of hydrogen-bond acceptors (Lipinski definition) is 8. The molecule has 7 nitrogen and oxygen atoms in total. The number of nitrogens with one attached hydrogen (secondary N) is 1. The third-order valence-corrected chi connectivity index (χ3v) is 3.84. The molecule has 3 rings (SSSR count). The minimum atomic E-state index is -0.000428. The lowest BCUT2D eigenvalue weighted by Crippen LogP contribution is -2.21. The number of aryl methyl sites for hydroxylation is 1. The molecule has 0 radical (unpaired) electrons. The van der Waals surface area contributed by atoms with Gasteiger partial charge in [-0.15, -0.1) is 11.3 Å². The zero-order chi connectivity index (χ0) is 14.7. The Labute approximate surface area is 125 Å². The standard InChI is InChI=1S/C13H15N5O2S/c1-3-9(12-15-8(2)19-17-12)14-7-11-16-13(18-20-11)10-5-4-6-21-10/h4-6,9,14H,3,7H2,1-2H3/t9-/m0/s1. The quantitative estimate of drug-likeness (QED) is 0.748. The van der Waals surface area contributed by atoms with Crippen molar-refractivity contribution in [3.05, 3.63) is 35.1 Å². The van der Waals surface area contributed by atoms with Crippen LogP contribution in [0.3, 0.4) is 0 Å². The molecule has 1 N–H and O–H groups in total. The predicted molar refractivity (Wildman–Crippen MR) is 76.5 cm³/mol. The van der Waals surface area contributed by atoms with Crippen LogP contribution in [0.2, 0.25) is 0 Å². The molecule has 0 saturated heterocycles. The highest BCUT2D eigenvalue weighted by Gasteiger charge is 2.17. The van der Waals surface area contributed by atoms with Crippen molar-refractivity contribution in [3.8, 4) is 10.7 Å². The zero-order valence-corrected chi connectivity index (χ0v) is 12.6. The molecule has 8 heteroatoms. The third-order valence-electron chi connectivity index (χ3n) is 2.97. The van der Waals surface area contributed by atoms with E-state index in [4.69, 9.17) is 9.05 Å². The van der Waals surface area contributed by atoms with E-state index < -0.39 is 0 Å². The van der Waals surface area contributed by atoms with Gasteiger partial charge in [0.1, 0.15) is 0 Å². The summed E-state index contributed by atoms with van der Waals surface area (Å²) >= 11 is 1.58. The highest BCUT2D eigenvalue weighted by atomic mass is 32.1. The number of thiophene rings is 1. The monoisotopic (exact) mass is 305 g/mol. The first-order valence-corrected chi connectivity index (χ1v) is 7.54. The SMILES string of the molecule is CC[C@H](NCc1nc(-c2cccs2)no1)c1noc(C)n1. The van der Waals surface area contributed by atoms with Gasteiger partial charge in [0, 0.05) is 6.92 Å². The summed E-state index contributed by atoms with van der Waals surface area (Å²) in [7, 11) is 0. The maximum Gasteiger partial charge on any atom is 0.240 e. The van der Waals surface area contributed by atoms with E-state index in [0.29, 0.717) is 30.0 Å². The lowest BCUT2D eigenvalue weighted by atomic mass is 10.2. The van der Waals surface area contributed by atoms with Crippen LogP contribution in [0.5, 0.6) is 0 Å². The molecule has 0 bridgehead atoms. The van der Waals surface area contributed by atoms with E-state index in [9.17, 15) is 0 Å². The smallest absolute Gasteiger partial charge is 0.240 e. The lowest BCUT2D eigenvalue weighted by Gasteiger charge is -2.10. The number of hydrogen-bond donors (Lipinski definition) is 1.